The molecule has 0 bridgehead atoms. The summed E-state index contributed by atoms with van der Waals surface area (Å²) >= 11 is 0. The number of rotatable bonds is 5. The molecule has 3 aromatic heterocycles. The molecule has 0 radical (unpaired) electrons. The van der Waals surface area contributed by atoms with Gasteiger partial charge >= 0.3 is 17.4 Å². The summed E-state index contributed by atoms with van der Waals surface area (Å²) in [4.78, 5) is 26.0. The zero-order valence-corrected chi connectivity index (χ0v) is 11.6. The molecule has 3 rings (SSSR count). The maximum atomic E-state index is 11.4. The quantitative estimate of drug-likeness (QED) is 0.522. The average molecular weight is 311 g/mol. The van der Waals surface area contributed by atoms with Crippen molar-refractivity contribution in [3.63, 3.8) is 0 Å². The standard InChI is InChI=1S/C14H9N5O4/c20-19(21)12-13(22-10-3-1-5-15-7-10)17-9-18-14(12)23-11-4-2-6-16-8-11/h1-9H. The van der Waals surface area contributed by atoms with Crippen molar-refractivity contribution in [2.24, 2.45) is 0 Å². The summed E-state index contributed by atoms with van der Waals surface area (Å²) in [5.74, 6) is 0.136. The van der Waals surface area contributed by atoms with Gasteiger partial charge in [0, 0.05) is 12.4 Å². The maximum absolute atomic E-state index is 11.4. The van der Waals surface area contributed by atoms with Gasteiger partial charge in [0.25, 0.3) is 0 Å². The lowest BCUT2D eigenvalue weighted by Crippen LogP contribution is -2.01. The van der Waals surface area contributed by atoms with Crippen LogP contribution in [0.15, 0.2) is 55.4 Å². The topological polar surface area (TPSA) is 113 Å². The van der Waals surface area contributed by atoms with Crippen LogP contribution in [-0.2, 0) is 0 Å². The van der Waals surface area contributed by atoms with Crippen LogP contribution >= 0.6 is 0 Å². The van der Waals surface area contributed by atoms with E-state index in [1.165, 1.54) is 12.4 Å². The third-order valence-electron chi connectivity index (χ3n) is 2.64. The molecule has 0 aliphatic carbocycles. The second kappa shape index (κ2) is 6.43. The molecule has 23 heavy (non-hydrogen) atoms. The number of ether oxygens (including phenoxy) is 2. The first-order valence-electron chi connectivity index (χ1n) is 6.39. The van der Waals surface area contributed by atoms with Crippen LogP contribution < -0.4 is 9.47 Å². The Bertz CT molecular complexity index is 754. The van der Waals surface area contributed by atoms with Crippen molar-refractivity contribution in [2.75, 3.05) is 0 Å². The van der Waals surface area contributed by atoms with E-state index in [-0.39, 0.29) is 11.8 Å². The fourth-order valence-electron chi connectivity index (χ4n) is 1.69. The highest BCUT2D eigenvalue weighted by Gasteiger charge is 2.27. The number of hydrogen-bond donors (Lipinski definition) is 0. The molecule has 3 aromatic rings. The monoisotopic (exact) mass is 311 g/mol. The second-order valence-corrected chi connectivity index (χ2v) is 4.17. The van der Waals surface area contributed by atoms with Gasteiger partial charge in [0.1, 0.15) is 17.8 Å². The van der Waals surface area contributed by atoms with Gasteiger partial charge in [0.2, 0.25) is 0 Å². The molecule has 0 aliphatic heterocycles. The first-order chi connectivity index (χ1) is 11.2. The van der Waals surface area contributed by atoms with Crippen molar-refractivity contribution in [3.05, 3.63) is 65.5 Å². The fourth-order valence-corrected chi connectivity index (χ4v) is 1.69. The van der Waals surface area contributed by atoms with E-state index >= 15 is 0 Å². The van der Waals surface area contributed by atoms with Crippen molar-refractivity contribution in [3.8, 4) is 23.3 Å². The van der Waals surface area contributed by atoms with E-state index < -0.39 is 10.6 Å². The third kappa shape index (κ3) is 3.35. The molecule has 0 atom stereocenters. The number of pyridine rings is 2. The van der Waals surface area contributed by atoms with Crippen LogP contribution in [-0.4, -0.2) is 24.9 Å². The average Bonchev–Trinajstić information content (AvgIpc) is 2.56. The third-order valence-corrected chi connectivity index (χ3v) is 2.64. The van der Waals surface area contributed by atoms with E-state index in [1.54, 1.807) is 36.7 Å². The fraction of sp³-hybridized carbons (Fsp3) is 0. The number of aromatic nitrogens is 4. The largest absolute Gasteiger partial charge is 0.432 e. The van der Waals surface area contributed by atoms with Gasteiger partial charge in [0.05, 0.1) is 17.3 Å². The minimum atomic E-state index is -0.669. The van der Waals surface area contributed by atoms with Crippen molar-refractivity contribution in [1.29, 1.82) is 0 Å². The highest BCUT2D eigenvalue weighted by molar-refractivity contribution is 5.51. The van der Waals surface area contributed by atoms with Gasteiger partial charge in [-0.25, -0.2) is 0 Å². The molecular formula is C14H9N5O4. The maximum Gasteiger partial charge on any atom is 0.393 e. The van der Waals surface area contributed by atoms with Gasteiger partial charge in [-0.05, 0) is 24.3 Å². The predicted molar refractivity (Wildman–Crippen MR) is 77.3 cm³/mol. The van der Waals surface area contributed by atoms with E-state index in [0.29, 0.717) is 11.5 Å². The van der Waals surface area contributed by atoms with Crippen molar-refractivity contribution >= 4 is 5.69 Å². The summed E-state index contributed by atoms with van der Waals surface area (Å²) in [6, 6.07) is 6.46. The number of nitro groups is 1. The Labute approximate surface area is 129 Å². The van der Waals surface area contributed by atoms with E-state index in [1.807, 2.05) is 0 Å². The molecule has 114 valence electrons. The van der Waals surface area contributed by atoms with E-state index in [4.69, 9.17) is 9.47 Å². The summed E-state index contributed by atoms with van der Waals surface area (Å²) in [6.45, 7) is 0. The molecule has 9 nitrogen and oxygen atoms in total. The lowest BCUT2D eigenvalue weighted by molar-refractivity contribution is -0.387. The zero-order valence-electron chi connectivity index (χ0n) is 11.6. The van der Waals surface area contributed by atoms with Gasteiger partial charge in [-0.2, -0.15) is 9.97 Å². The van der Waals surface area contributed by atoms with Gasteiger partial charge < -0.3 is 9.47 Å². The Hall–Kier alpha value is -3.62. The lowest BCUT2D eigenvalue weighted by atomic mass is 10.4. The Balaban J connectivity index is 1.97. The highest BCUT2D eigenvalue weighted by atomic mass is 16.6. The first kappa shape index (κ1) is 14.3. The molecule has 0 unspecified atom stereocenters. The van der Waals surface area contributed by atoms with Crippen molar-refractivity contribution in [2.45, 2.75) is 0 Å². The van der Waals surface area contributed by atoms with Gasteiger partial charge in [-0.1, -0.05) is 0 Å². The normalized spacial score (nSPS) is 10.1. The lowest BCUT2D eigenvalue weighted by Gasteiger charge is -2.08. The summed E-state index contributed by atoms with van der Waals surface area (Å²) in [5, 5.41) is 11.4. The van der Waals surface area contributed by atoms with E-state index in [9.17, 15) is 10.1 Å². The van der Waals surface area contributed by atoms with Crippen LogP contribution in [0.25, 0.3) is 0 Å². The summed E-state index contributed by atoms with van der Waals surface area (Å²) < 4.78 is 10.8. The van der Waals surface area contributed by atoms with Crippen LogP contribution in [0.3, 0.4) is 0 Å². The molecule has 0 amide bonds. The van der Waals surface area contributed by atoms with Gasteiger partial charge in [-0.15, -0.1) is 0 Å². The van der Waals surface area contributed by atoms with Crippen LogP contribution in [0.4, 0.5) is 5.69 Å². The smallest absolute Gasteiger partial charge is 0.393 e. The second-order valence-electron chi connectivity index (χ2n) is 4.17. The Morgan fingerprint density at radius 1 is 0.913 bits per heavy atom. The van der Waals surface area contributed by atoms with Crippen LogP contribution in [0.2, 0.25) is 0 Å². The van der Waals surface area contributed by atoms with E-state index in [0.717, 1.165) is 6.33 Å². The minimum absolute atomic E-state index is 0.239. The van der Waals surface area contributed by atoms with E-state index in [2.05, 4.69) is 19.9 Å². The number of hydrogen-bond acceptors (Lipinski definition) is 8. The molecule has 0 spiro atoms. The minimum Gasteiger partial charge on any atom is -0.432 e. The van der Waals surface area contributed by atoms with Crippen LogP contribution in [0, 0.1) is 10.1 Å². The predicted octanol–water partition coefficient (Wildman–Crippen LogP) is 2.76. The SMILES string of the molecule is O=[N+]([O-])c1c(Oc2cccnc2)ncnc1Oc1cccnc1. The molecule has 0 saturated carbocycles. The Morgan fingerprint density at radius 2 is 1.43 bits per heavy atom. The summed E-state index contributed by atoms with van der Waals surface area (Å²) in [6.07, 6.45) is 7.04. The first-order valence-corrected chi connectivity index (χ1v) is 6.39. The molecule has 0 aromatic carbocycles. The zero-order chi connectivity index (χ0) is 16.1. The number of nitrogens with zero attached hydrogens (tertiary/aromatic N) is 5. The molecule has 0 saturated heterocycles. The Kier molecular flexibility index (Phi) is 4.01. The van der Waals surface area contributed by atoms with Gasteiger partial charge in [0.15, 0.2) is 0 Å². The van der Waals surface area contributed by atoms with Crippen LogP contribution in [0.5, 0.6) is 23.3 Å². The van der Waals surface area contributed by atoms with Crippen molar-refractivity contribution < 1.29 is 14.4 Å². The summed E-state index contributed by atoms with van der Waals surface area (Å²) in [7, 11) is 0. The molecule has 9 heteroatoms. The van der Waals surface area contributed by atoms with Crippen LogP contribution in [0.1, 0.15) is 0 Å². The van der Waals surface area contributed by atoms with Crippen molar-refractivity contribution in [1.82, 2.24) is 19.9 Å². The molecule has 0 fully saturated rings. The summed E-state index contributed by atoms with van der Waals surface area (Å²) in [5.41, 5.74) is -0.486. The molecule has 0 aliphatic rings. The Morgan fingerprint density at radius 3 is 1.83 bits per heavy atom. The molecular weight excluding hydrogens is 302 g/mol. The van der Waals surface area contributed by atoms with Gasteiger partial charge in [-0.3, -0.25) is 20.1 Å². The highest BCUT2D eigenvalue weighted by Crippen LogP contribution is 2.37. The molecule has 0 N–H and O–H groups in total. The molecule has 3 heterocycles.